The highest BCUT2D eigenvalue weighted by molar-refractivity contribution is 5.96. The average Bonchev–Trinajstić information content (AvgIpc) is 2.87. The highest BCUT2D eigenvalue weighted by Gasteiger charge is 2.07. The Labute approximate surface area is 142 Å². The Balaban J connectivity index is 1.65. The van der Waals surface area contributed by atoms with Crippen molar-refractivity contribution in [3.63, 3.8) is 0 Å². The third kappa shape index (κ3) is 5.22. The number of amides is 2. The lowest BCUT2D eigenvalue weighted by Crippen LogP contribution is -2.37. The Morgan fingerprint density at radius 3 is 2.42 bits per heavy atom. The molecule has 0 aliphatic carbocycles. The highest BCUT2D eigenvalue weighted by atomic mass is 16.2. The van der Waals surface area contributed by atoms with E-state index >= 15 is 0 Å². The van der Waals surface area contributed by atoms with Crippen LogP contribution in [-0.4, -0.2) is 34.7 Å². The van der Waals surface area contributed by atoms with Crippen LogP contribution in [0.3, 0.4) is 0 Å². The van der Waals surface area contributed by atoms with E-state index in [1.54, 1.807) is 12.1 Å². The molecule has 128 valence electrons. The number of benzene rings is 1. The Bertz CT molecular complexity index is 704. The van der Waals surface area contributed by atoms with E-state index in [0.717, 1.165) is 29.9 Å². The SMILES string of the molecule is Cc1ccc(C(=O)NCC(=O)NCCCn2nc(C)cc2C)cc1. The second-order valence-electron chi connectivity index (χ2n) is 5.90. The molecule has 1 aromatic carbocycles. The van der Waals surface area contributed by atoms with Crippen LogP contribution in [0.5, 0.6) is 0 Å². The summed E-state index contributed by atoms with van der Waals surface area (Å²) >= 11 is 0. The smallest absolute Gasteiger partial charge is 0.251 e. The zero-order chi connectivity index (χ0) is 17.5. The molecular formula is C18H24N4O2. The predicted molar refractivity (Wildman–Crippen MR) is 92.8 cm³/mol. The summed E-state index contributed by atoms with van der Waals surface area (Å²) in [5, 5.41) is 9.79. The summed E-state index contributed by atoms with van der Waals surface area (Å²) in [6.45, 7) is 7.22. The van der Waals surface area contributed by atoms with Gasteiger partial charge in [-0.2, -0.15) is 5.10 Å². The average molecular weight is 328 g/mol. The first-order chi connectivity index (χ1) is 11.5. The third-order valence-corrected chi connectivity index (χ3v) is 3.70. The first-order valence-electron chi connectivity index (χ1n) is 8.08. The molecule has 6 nitrogen and oxygen atoms in total. The highest BCUT2D eigenvalue weighted by Crippen LogP contribution is 2.03. The number of rotatable bonds is 7. The van der Waals surface area contributed by atoms with Crippen molar-refractivity contribution in [1.82, 2.24) is 20.4 Å². The van der Waals surface area contributed by atoms with Crippen LogP contribution in [0, 0.1) is 20.8 Å². The molecule has 0 aliphatic heterocycles. The first-order valence-corrected chi connectivity index (χ1v) is 8.08. The molecule has 1 heterocycles. The molecule has 0 fully saturated rings. The summed E-state index contributed by atoms with van der Waals surface area (Å²) < 4.78 is 1.93. The Hall–Kier alpha value is -2.63. The molecule has 2 aromatic rings. The predicted octanol–water partition coefficient (Wildman–Crippen LogP) is 1.74. The van der Waals surface area contributed by atoms with E-state index in [-0.39, 0.29) is 18.4 Å². The van der Waals surface area contributed by atoms with Gasteiger partial charge in [-0.1, -0.05) is 17.7 Å². The van der Waals surface area contributed by atoms with Gasteiger partial charge < -0.3 is 10.6 Å². The third-order valence-electron chi connectivity index (χ3n) is 3.70. The Morgan fingerprint density at radius 1 is 1.08 bits per heavy atom. The van der Waals surface area contributed by atoms with Crippen molar-refractivity contribution in [2.45, 2.75) is 33.7 Å². The normalized spacial score (nSPS) is 10.5. The minimum atomic E-state index is -0.243. The van der Waals surface area contributed by atoms with Gasteiger partial charge in [0.05, 0.1) is 12.2 Å². The fraction of sp³-hybridized carbons (Fsp3) is 0.389. The molecule has 1 aromatic heterocycles. The summed E-state index contributed by atoms with van der Waals surface area (Å²) in [5.41, 5.74) is 3.75. The molecule has 0 saturated heterocycles. The number of carbonyl (C=O) groups excluding carboxylic acids is 2. The largest absolute Gasteiger partial charge is 0.355 e. The van der Waals surface area contributed by atoms with Crippen LogP contribution < -0.4 is 10.6 Å². The maximum absolute atomic E-state index is 11.9. The number of hydrogen-bond acceptors (Lipinski definition) is 3. The van der Waals surface area contributed by atoms with E-state index < -0.39 is 0 Å². The van der Waals surface area contributed by atoms with Crippen molar-refractivity contribution < 1.29 is 9.59 Å². The molecule has 0 bridgehead atoms. The summed E-state index contributed by atoms with van der Waals surface area (Å²) in [7, 11) is 0. The van der Waals surface area contributed by atoms with Crippen molar-refractivity contribution in [2.75, 3.05) is 13.1 Å². The van der Waals surface area contributed by atoms with Crippen LogP contribution >= 0.6 is 0 Å². The van der Waals surface area contributed by atoms with Crippen molar-refractivity contribution in [3.8, 4) is 0 Å². The van der Waals surface area contributed by atoms with Gasteiger partial charge in [0.1, 0.15) is 0 Å². The van der Waals surface area contributed by atoms with E-state index in [9.17, 15) is 9.59 Å². The number of carbonyl (C=O) groups is 2. The van der Waals surface area contributed by atoms with Crippen LogP contribution in [0.25, 0.3) is 0 Å². The molecule has 0 saturated carbocycles. The molecule has 0 unspecified atom stereocenters. The minimum Gasteiger partial charge on any atom is -0.355 e. The molecule has 2 N–H and O–H groups in total. The van der Waals surface area contributed by atoms with Crippen molar-refractivity contribution in [3.05, 3.63) is 52.8 Å². The quantitative estimate of drug-likeness (QED) is 0.760. The van der Waals surface area contributed by atoms with Crippen molar-refractivity contribution in [1.29, 1.82) is 0 Å². The second kappa shape index (κ2) is 8.29. The van der Waals surface area contributed by atoms with Gasteiger partial charge in [0.15, 0.2) is 0 Å². The van der Waals surface area contributed by atoms with Gasteiger partial charge in [-0.3, -0.25) is 14.3 Å². The summed E-state index contributed by atoms with van der Waals surface area (Å²) in [4.78, 5) is 23.7. The second-order valence-corrected chi connectivity index (χ2v) is 5.90. The lowest BCUT2D eigenvalue weighted by atomic mass is 10.1. The summed E-state index contributed by atoms with van der Waals surface area (Å²) in [5.74, 6) is -0.434. The zero-order valence-corrected chi connectivity index (χ0v) is 14.4. The Kier molecular flexibility index (Phi) is 6.12. The van der Waals surface area contributed by atoms with Gasteiger partial charge in [0, 0.05) is 24.3 Å². The van der Waals surface area contributed by atoms with Gasteiger partial charge in [0.25, 0.3) is 5.91 Å². The van der Waals surface area contributed by atoms with E-state index in [0.29, 0.717) is 12.1 Å². The number of nitrogens with zero attached hydrogens (tertiary/aromatic N) is 2. The maximum atomic E-state index is 11.9. The minimum absolute atomic E-state index is 0.0212. The number of aryl methyl sites for hydroxylation is 4. The molecule has 2 amide bonds. The van der Waals surface area contributed by atoms with Gasteiger partial charge >= 0.3 is 0 Å². The van der Waals surface area contributed by atoms with Crippen LogP contribution in [0.4, 0.5) is 0 Å². The van der Waals surface area contributed by atoms with Gasteiger partial charge in [-0.25, -0.2) is 0 Å². The number of hydrogen-bond donors (Lipinski definition) is 2. The monoisotopic (exact) mass is 328 g/mol. The fourth-order valence-corrected chi connectivity index (χ4v) is 2.39. The van der Waals surface area contributed by atoms with Crippen molar-refractivity contribution in [2.24, 2.45) is 0 Å². The molecule has 0 atom stereocenters. The zero-order valence-electron chi connectivity index (χ0n) is 14.4. The van der Waals surface area contributed by atoms with E-state index in [1.165, 1.54) is 0 Å². The lowest BCUT2D eigenvalue weighted by molar-refractivity contribution is -0.120. The number of aromatic nitrogens is 2. The topological polar surface area (TPSA) is 76.0 Å². The van der Waals surface area contributed by atoms with Gasteiger partial charge in [-0.15, -0.1) is 0 Å². The van der Waals surface area contributed by atoms with Gasteiger partial charge in [0.2, 0.25) is 5.91 Å². The number of nitrogens with one attached hydrogen (secondary N) is 2. The van der Waals surface area contributed by atoms with Gasteiger partial charge in [-0.05, 0) is 45.4 Å². The van der Waals surface area contributed by atoms with E-state index in [2.05, 4.69) is 15.7 Å². The van der Waals surface area contributed by atoms with E-state index in [1.807, 2.05) is 43.7 Å². The molecule has 0 spiro atoms. The van der Waals surface area contributed by atoms with Crippen LogP contribution in [0.2, 0.25) is 0 Å². The molecular weight excluding hydrogens is 304 g/mol. The van der Waals surface area contributed by atoms with Crippen molar-refractivity contribution >= 4 is 11.8 Å². The van der Waals surface area contributed by atoms with Crippen LogP contribution in [0.15, 0.2) is 30.3 Å². The fourth-order valence-electron chi connectivity index (χ4n) is 2.39. The Morgan fingerprint density at radius 2 is 1.79 bits per heavy atom. The maximum Gasteiger partial charge on any atom is 0.251 e. The molecule has 6 heteroatoms. The van der Waals surface area contributed by atoms with E-state index in [4.69, 9.17) is 0 Å². The summed E-state index contributed by atoms with van der Waals surface area (Å²) in [6.07, 6.45) is 0.791. The standard InChI is InChI=1S/C18H24N4O2/c1-13-5-7-16(8-6-13)18(24)20-12-17(23)19-9-4-10-22-15(3)11-14(2)21-22/h5-8,11H,4,9-10,12H2,1-3H3,(H,19,23)(H,20,24). The van der Waals surface area contributed by atoms with Crippen LogP contribution in [0.1, 0.15) is 33.7 Å². The molecule has 0 radical (unpaired) electrons. The molecule has 2 rings (SSSR count). The van der Waals surface area contributed by atoms with Crippen LogP contribution in [-0.2, 0) is 11.3 Å². The summed E-state index contributed by atoms with van der Waals surface area (Å²) in [6, 6.07) is 9.26. The molecule has 24 heavy (non-hydrogen) atoms. The molecule has 0 aliphatic rings. The first kappa shape index (κ1) is 17.7. The lowest BCUT2D eigenvalue weighted by Gasteiger charge is -2.08.